The zero-order chi connectivity index (χ0) is 15.2. The van der Waals surface area contributed by atoms with Gasteiger partial charge in [-0.05, 0) is 29.2 Å². The Bertz CT molecular complexity index is 603. The summed E-state index contributed by atoms with van der Waals surface area (Å²) in [5, 5.41) is 0. The summed E-state index contributed by atoms with van der Waals surface area (Å²) in [5.74, 6) is 0.488. The monoisotopic (exact) mass is 346 g/mol. The summed E-state index contributed by atoms with van der Waals surface area (Å²) >= 11 is 3.42. The van der Waals surface area contributed by atoms with Crippen LogP contribution in [0.1, 0.15) is 41.3 Å². The van der Waals surface area contributed by atoms with E-state index >= 15 is 0 Å². The van der Waals surface area contributed by atoms with E-state index in [4.69, 9.17) is 4.74 Å². The van der Waals surface area contributed by atoms with Crippen LogP contribution in [0.25, 0.3) is 0 Å². The third-order valence-electron chi connectivity index (χ3n) is 3.29. The molecule has 21 heavy (non-hydrogen) atoms. The van der Waals surface area contributed by atoms with Gasteiger partial charge in [0.05, 0.1) is 6.61 Å². The van der Waals surface area contributed by atoms with Gasteiger partial charge in [0.15, 0.2) is 5.78 Å². The number of Topliss-reactive ketones (excluding diaryl/α,β-unsaturated/α-hetero) is 1. The molecule has 110 valence electrons. The first-order chi connectivity index (χ1) is 10.1. The summed E-state index contributed by atoms with van der Waals surface area (Å²) in [6.45, 7) is 4.82. The summed E-state index contributed by atoms with van der Waals surface area (Å²) in [6.07, 6.45) is 0. The number of hydrogen-bond acceptors (Lipinski definition) is 2. The third-order valence-corrected chi connectivity index (χ3v) is 3.78. The molecule has 0 aliphatic rings. The van der Waals surface area contributed by atoms with Crippen LogP contribution >= 0.6 is 15.9 Å². The molecule has 2 aromatic rings. The molecule has 0 bridgehead atoms. The predicted molar refractivity (Wildman–Crippen MR) is 88.7 cm³/mol. The highest BCUT2D eigenvalue weighted by atomic mass is 79.9. The molecule has 0 atom stereocenters. The normalized spacial score (nSPS) is 10.9. The van der Waals surface area contributed by atoms with Crippen molar-refractivity contribution in [1.29, 1.82) is 0 Å². The average Bonchev–Trinajstić information content (AvgIpc) is 2.47. The first-order valence-corrected chi connectivity index (χ1v) is 7.81. The minimum absolute atomic E-state index is 0.0142. The maximum Gasteiger partial charge on any atom is 0.188 e. The molecular weight excluding hydrogens is 328 g/mol. The molecule has 2 aromatic carbocycles. The summed E-state index contributed by atoms with van der Waals surface area (Å²) in [4.78, 5) is 12.0. The van der Waals surface area contributed by atoms with E-state index in [0.717, 1.165) is 10.0 Å². The Labute approximate surface area is 134 Å². The van der Waals surface area contributed by atoms with Gasteiger partial charge in [0.2, 0.25) is 0 Å². The second-order valence-electron chi connectivity index (χ2n) is 5.32. The third kappa shape index (κ3) is 4.80. The lowest BCUT2D eigenvalue weighted by atomic mass is 10.0. The van der Waals surface area contributed by atoms with Gasteiger partial charge in [0.25, 0.3) is 0 Å². The molecule has 0 aliphatic heterocycles. The minimum atomic E-state index is 0.0142. The van der Waals surface area contributed by atoms with Crippen LogP contribution in [-0.2, 0) is 11.3 Å². The molecular formula is C18H19BrO2. The molecule has 0 spiro atoms. The summed E-state index contributed by atoms with van der Waals surface area (Å²) in [6, 6.07) is 15.6. The number of ether oxygens (including phenoxy) is 1. The van der Waals surface area contributed by atoms with Crippen molar-refractivity contribution in [2.75, 3.05) is 6.61 Å². The number of carbonyl (C=O) groups excluding carboxylic acids is 1. The van der Waals surface area contributed by atoms with Gasteiger partial charge in [0, 0.05) is 10.0 Å². The van der Waals surface area contributed by atoms with Gasteiger partial charge in [-0.15, -0.1) is 0 Å². The molecule has 0 aliphatic carbocycles. The van der Waals surface area contributed by atoms with Crippen LogP contribution in [0.2, 0.25) is 0 Å². The second kappa shape index (κ2) is 7.53. The van der Waals surface area contributed by atoms with Gasteiger partial charge in [-0.1, -0.05) is 66.2 Å². The molecule has 0 saturated carbocycles. The molecule has 0 radical (unpaired) electrons. The van der Waals surface area contributed by atoms with Crippen molar-refractivity contribution in [2.24, 2.45) is 0 Å². The van der Waals surface area contributed by atoms with Crippen molar-refractivity contribution in [1.82, 2.24) is 0 Å². The van der Waals surface area contributed by atoms with E-state index in [1.54, 1.807) is 0 Å². The van der Waals surface area contributed by atoms with Gasteiger partial charge in [-0.3, -0.25) is 4.79 Å². The van der Waals surface area contributed by atoms with E-state index in [-0.39, 0.29) is 12.4 Å². The lowest BCUT2D eigenvalue weighted by molar-refractivity contribution is 0.0726. The average molecular weight is 347 g/mol. The van der Waals surface area contributed by atoms with Crippen LogP contribution in [-0.4, -0.2) is 12.4 Å². The predicted octanol–water partition coefficient (Wildman–Crippen LogP) is 4.97. The quantitative estimate of drug-likeness (QED) is 0.690. The van der Waals surface area contributed by atoms with E-state index < -0.39 is 0 Å². The summed E-state index contributed by atoms with van der Waals surface area (Å²) < 4.78 is 6.51. The van der Waals surface area contributed by atoms with Crippen LogP contribution in [0.15, 0.2) is 53.0 Å². The Morgan fingerprint density at radius 3 is 2.48 bits per heavy atom. The lowest BCUT2D eigenvalue weighted by Crippen LogP contribution is -2.09. The van der Waals surface area contributed by atoms with E-state index in [1.165, 1.54) is 5.56 Å². The zero-order valence-corrected chi connectivity index (χ0v) is 13.9. The standard InChI is InChI=1S/C18H19BrO2/c1-13(2)15-6-8-16(9-7-15)18(20)12-21-11-14-4-3-5-17(19)10-14/h3-10,13H,11-12H2,1-2H3. The summed E-state index contributed by atoms with van der Waals surface area (Å²) in [5.41, 5.74) is 2.99. The number of hydrogen-bond donors (Lipinski definition) is 0. The molecule has 0 heterocycles. The first kappa shape index (κ1) is 15.9. The fourth-order valence-corrected chi connectivity index (χ4v) is 2.47. The molecule has 0 fully saturated rings. The second-order valence-corrected chi connectivity index (χ2v) is 6.24. The highest BCUT2D eigenvalue weighted by molar-refractivity contribution is 9.10. The number of benzene rings is 2. The Morgan fingerprint density at radius 2 is 1.86 bits per heavy atom. The van der Waals surface area contributed by atoms with Gasteiger partial charge >= 0.3 is 0 Å². The zero-order valence-electron chi connectivity index (χ0n) is 12.3. The minimum Gasteiger partial charge on any atom is -0.369 e. The molecule has 3 heteroatoms. The van der Waals surface area contributed by atoms with Crippen molar-refractivity contribution in [2.45, 2.75) is 26.4 Å². The number of halogens is 1. The fourth-order valence-electron chi connectivity index (χ4n) is 2.03. The van der Waals surface area contributed by atoms with E-state index in [9.17, 15) is 4.79 Å². The molecule has 2 rings (SSSR count). The van der Waals surface area contributed by atoms with Gasteiger partial charge < -0.3 is 4.74 Å². The van der Waals surface area contributed by atoms with Crippen LogP contribution in [0.5, 0.6) is 0 Å². The van der Waals surface area contributed by atoms with Crippen molar-refractivity contribution in [3.8, 4) is 0 Å². The van der Waals surface area contributed by atoms with Crippen LogP contribution in [0.3, 0.4) is 0 Å². The van der Waals surface area contributed by atoms with Crippen molar-refractivity contribution in [3.63, 3.8) is 0 Å². The van der Waals surface area contributed by atoms with Crippen LogP contribution < -0.4 is 0 Å². The highest BCUT2D eigenvalue weighted by Crippen LogP contribution is 2.15. The smallest absolute Gasteiger partial charge is 0.188 e. The first-order valence-electron chi connectivity index (χ1n) is 7.01. The molecule has 0 amide bonds. The SMILES string of the molecule is CC(C)c1ccc(C(=O)COCc2cccc(Br)c2)cc1. The van der Waals surface area contributed by atoms with Crippen molar-refractivity contribution < 1.29 is 9.53 Å². The van der Waals surface area contributed by atoms with Gasteiger partial charge in [-0.2, -0.15) is 0 Å². The van der Waals surface area contributed by atoms with Gasteiger partial charge in [0.1, 0.15) is 6.61 Å². The molecule has 0 saturated heterocycles. The topological polar surface area (TPSA) is 26.3 Å². The number of ketones is 1. The van der Waals surface area contributed by atoms with Crippen LogP contribution in [0.4, 0.5) is 0 Å². The van der Waals surface area contributed by atoms with Gasteiger partial charge in [-0.25, -0.2) is 0 Å². The van der Waals surface area contributed by atoms with Crippen molar-refractivity contribution >= 4 is 21.7 Å². The lowest BCUT2D eigenvalue weighted by Gasteiger charge is -2.07. The largest absolute Gasteiger partial charge is 0.369 e. The Morgan fingerprint density at radius 1 is 1.14 bits per heavy atom. The molecule has 2 nitrogen and oxygen atoms in total. The van der Waals surface area contributed by atoms with E-state index in [1.807, 2.05) is 48.5 Å². The molecule has 0 unspecified atom stereocenters. The fraction of sp³-hybridized carbons (Fsp3) is 0.278. The van der Waals surface area contributed by atoms with Crippen molar-refractivity contribution in [3.05, 3.63) is 69.7 Å². The Kier molecular flexibility index (Phi) is 5.71. The van der Waals surface area contributed by atoms with E-state index in [2.05, 4.69) is 29.8 Å². The maximum absolute atomic E-state index is 12.0. The maximum atomic E-state index is 12.0. The van der Waals surface area contributed by atoms with E-state index in [0.29, 0.717) is 18.1 Å². The summed E-state index contributed by atoms with van der Waals surface area (Å²) in [7, 11) is 0. The van der Waals surface area contributed by atoms with Crippen LogP contribution in [0, 0.1) is 0 Å². The molecule has 0 N–H and O–H groups in total. The Hall–Kier alpha value is -1.45. The number of carbonyl (C=O) groups is 1. The molecule has 0 aromatic heterocycles. The Balaban J connectivity index is 1.87. The highest BCUT2D eigenvalue weighted by Gasteiger charge is 2.07. The number of rotatable bonds is 6.